The number of fused-ring (bicyclic) bond motifs is 5. The number of furan rings is 2. The molecule has 6 atom stereocenters. The number of anilines is 2. The van der Waals surface area contributed by atoms with Crippen LogP contribution in [0.4, 0.5) is 11.4 Å². The zero-order valence-corrected chi connectivity index (χ0v) is 25.2. The van der Waals surface area contributed by atoms with Gasteiger partial charge in [-0.05, 0) is 60.7 Å². The van der Waals surface area contributed by atoms with E-state index in [1.165, 1.54) is 48.9 Å². The molecule has 0 N–H and O–H groups in total. The Morgan fingerprint density at radius 1 is 0.500 bits per heavy atom. The summed E-state index contributed by atoms with van der Waals surface area (Å²) in [4.78, 5) is 59.2. The summed E-state index contributed by atoms with van der Waals surface area (Å²) in [6, 6.07) is 11.7. The molecule has 14 heteroatoms. The predicted octanol–water partition coefficient (Wildman–Crippen LogP) is 5.93. The molecule has 2 aromatic carbocycles. The second-order valence-electron chi connectivity index (χ2n) is 10.8. The molecule has 4 amide bonds. The Morgan fingerprint density at radius 2 is 0.909 bits per heavy atom. The van der Waals surface area contributed by atoms with Crippen LogP contribution in [0.25, 0.3) is 0 Å². The lowest BCUT2D eigenvalue weighted by atomic mass is 9.87. The number of imide groups is 2. The van der Waals surface area contributed by atoms with E-state index in [9.17, 15) is 19.2 Å². The largest absolute Gasteiger partial charge is 0.468 e. The quantitative estimate of drug-likeness (QED) is 0.246. The highest BCUT2D eigenvalue weighted by Gasteiger charge is 2.74. The van der Waals surface area contributed by atoms with Crippen molar-refractivity contribution in [1.29, 1.82) is 0 Å². The second-order valence-corrected chi connectivity index (χ2v) is 12.5. The molecule has 0 spiro atoms. The van der Waals surface area contributed by atoms with Gasteiger partial charge in [-0.3, -0.25) is 19.2 Å². The molecule has 4 aliphatic heterocycles. The molecule has 0 bridgehead atoms. The smallest absolute Gasteiger partial charge is 0.253 e. The number of benzene rings is 2. The Morgan fingerprint density at radius 3 is 1.25 bits per heavy atom. The van der Waals surface area contributed by atoms with Gasteiger partial charge in [-0.25, -0.2) is 19.8 Å². The van der Waals surface area contributed by atoms with E-state index in [-0.39, 0.29) is 31.5 Å². The molecule has 222 valence electrons. The van der Waals surface area contributed by atoms with Crippen LogP contribution in [0, 0.1) is 11.8 Å². The fourth-order valence-corrected chi connectivity index (χ4v) is 7.65. The molecule has 4 saturated heterocycles. The monoisotopic (exact) mass is 670 g/mol. The van der Waals surface area contributed by atoms with Crippen LogP contribution in [0.1, 0.15) is 23.6 Å². The minimum atomic E-state index is -1.09. The lowest BCUT2D eigenvalue weighted by molar-refractivity contribution is -0.136. The molecular weight excluding hydrogens is 654 g/mol. The van der Waals surface area contributed by atoms with Crippen molar-refractivity contribution < 1.29 is 28.0 Å². The summed E-state index contributed by atoms with van der Waals surface area (Å²) in [6.45, 7) is 0. The van der Waals surface area contributed by atoms with Crippen LogP contribution in [-0.4, -0.2) is 45.7 Å². The molecule has 0 unspecified atom stereocenters. The van der Waals surface area contributed by atoms with Crippen molar-refractivity contribution in [3.8, 4) is 0 Å². The van der Waals surface area contributed by atoms with Crippen molar-refractivity contribution in [1.82, 2.24) is 10.0 Å². The predicted molar refractivity (Wildman–Crippen MR) is 159 cm³/mol. The number of hydrazine groups is 1. The topological polar surface area (TPSA) is 108 Å². The normalized spacial score (nSPS) is 28.4. The molecular formula is C30H18Cl4N4O6. The summed E-state index contributed by atoms with van der Waals surface area (Å²) in [5.74, 6) is -3.40. The summed E-state index contributed by atoms with van der Waals surface area (Å²) < 4.78 is 11.6. The highest BCUT2D eigenvalue weighted by molar-refractivity contribution is 6.43. The number of amides is 4. The Kier molecular flexibility index (Phi) is 6.29. The molecule has 4 fully saturated rings. The molecule has 2 aromatic heterocycles. The highest BCUT2D eigenvalue weighted by Crippen LogP contribution is 2.60. The van der Waals surface area contributed by atoms with Gasteiger partial charge in [0.1, 0.15) is 23.6 Å². The van der Waals surface area contributed by atoms with Gasteiger partial charge in [0.25, 0.3) is 11.8 Å². The minimum absolute atomic E-state index is 0.175. The summed E-state index contributed by atoms with van der Waals surface area (Å²) in [7, 11) is 0. The number of carbonyl (C=O) groups excluding carboxylic acids is 4. The fraction of sp³-hybridized carbons (Fsp3) is 0.200. The van der Waals surface area contributed by atoms with Crippen LogP contribution in [0.2, 0.25) is 20.1 Å². The SMILES string of the molecule is O=C1[C@H]2[C@@H](C(=O)N1c1ccc(Cl)c(Cl)c1)N1[C@@H](c3ccco3)[C@H]3C(=O)N(c4ccc(Cl)c(Cl)c4)C(=O)[C@@H]3N1[C@@H]2c1ccco1. The summed E-state index contributed by atoms with van der Waals surface area (Å²) in [5.41, 5.74) is 0.501. The second kappa shape index (κ2) is 9.93. The summed E-state index contributed by atoms with van der Waals surface area (Å²) in [6.07, 6.45) is 2.90. The van der Waals surface area contributed by atoms with E-state index >= 15 is 0 Å². The van der Waals surface area contributed by atoms with Crippen LogP contribution in [0.5, 0.6) is 0 Å². The van der Waals surface area contributed by atoms with Crippen LogP contribution in [-0.2, 0) is 19.2 Å². The molecule has 4 aliphatic rings. The van der Waals surface area contributed by atoms with E-state index in [2.05, 4.69) is 0 Å². The van der Waals surface area contributed by atoms with Crippen LogP contribution >= 0.6 is 46.4 Å². The van der Waals surface area contributed by atoms with Crippen LogP contribution < -0.4 is 9.80 Å². The van der Waals surface area contributed by atoms with E-state index in [0.29, 0.717) is 11.5 Å². The van der Waals surface area contributed by atoms with Gasteiger partial charge in [0, 0.05) is 0 Å². The van der Waals surface area contributed by atoms with Gasteiger partial charge in [0.05, 0.1) is 67.9 Å². The van der Waals surface area contributed by atoms with Gasteiger partial charge in [-0.1, -0.05) is 46.4 Å². The van der Waals surface area contributed by atoms with E-state index in [4.69, 9.17) is 55.2 Å². The van der Waals surface area contributed by atoms with Crippen molar-refractivity contribution in [2.45, 2.75) is 24.2 Å². The number of carbonyl (C=O) groups is 4. The highest BCUT2D eigenvalue weighted by atomic mass is 35.5. The van der Waals surface area contributed by atoms with Crippen molar-refractivity contribution in [2.24, 2.45) is 11.8 Å². The van der Waals surface area contributed by atoms with Gasteiger partial charge in [-0.2, -0.15) is 0 Å². The van der Waals surface area contributed by atoms with Gasteiger partial charge in [-0.15, -0.1) is 0 Å². The van der Waals surface area contributed by atoms with Crippen molar-refractivity contribution >= 4 is 81.4 Å². The summed E-state index contributed by atoms with van der Waals surface area (Å²) >= 11 is 24.7. The van der Waals surface area contributed by atoms with Gasteiger partial charge in [0.15, 0.2) is 0 Å². The van der Waals surface area contributed by atoms with E-state index in [1.54, 1.807) is 34.3 Å². The first-order valence-corrected chi connectivity index (χ1v) is 15.0. The number of hydrogen-bond acceptors (Lipinski definition) is 8. The van der Waals surface area contributed by atoms with Gasteiger partial charge in [0.2, 0.25) is 11.8 Å². The van der Waals surface area contributed by atoms with Crippen molar-refractivity contribution in [3.05, 3.63) is 105 Å². The number of hydrogen-bond donors (Lipinski definition) is 0. The Hall–Kier alpha value is -3.64. The third-order valence-electron chi connectivity index (χ3n) is 8.72. The third kappa shape index (κ3) is 3.70. The maximum atomic E-state index is 14.3. The zero-order chi connectivity index (χ0) is 30.6. The first-order valence-electron chi connectivity index (χ1n) is 13.5. The third-order valence-corrected chi connectivity index (χ3v) is 10.2. The van der Waals surface area contributed by atoms with E-state index in [0.717, 1.165) is 9.80 Å². The minimum Gasteiger partial charge on any atom is -0.468 e. The molecule has 10 nitrogen and oxygen atoms in total. The van der Waals surface area contributed by atoms with E-state index < -0.39 is 59.6 Å². The number of nitrogens with zero attached hydrogens (tertiary/aromatic N) is 4. The van der Waals surface area contributed by atoms with Gasteiger partial charge < -0.3 is 8.83 Å². The van der Waals surface area contributed by atoms with E-state index in [1.807, 2.05) is 0 Å². The van der Waals surface area contributed by atoms with Crippen LogP contribution in [0.3, 0.4) is 0 Å². The average Bonchev–Trinajstić information content (AvgIpc) is 3.82. The molecule has 44 heavy (non-hydrogen) atoms. The standard InChI is InChI=1S/C30H18Cl4N4O6/c31-15-7-5-13(11-17(15)33)35-27(39)21-23(19-3-1-9-43-19)37-26-22(24(20-4-2-10-44-20)38(37)25(21)29(35)41)28(40)36(30(26)42)14-6-8-16(32)18(34)12-14/h1-12,21-26H/t21-,22-,23-,24+,25+,26-/m1/s1. The average molecular weight is 672 g/mol. The Balaban J connectivity index is 1.30. The Labute approximate surface area is 269 Å². The zero-order valence-electron chi connectivity index (χ0n) is 22.1. The van der Waals surface area contributed by atoms with Gasteiger partial charge >= 0.3 is 0 Å². The lowest BCUT2D eigenvalue weighted by Crippen LogP contribution is -2.50. The number of halogens is 4. The van der Waals surface area contributed by atoms with Crippen molar-refractivity contribution in [2.75, 3.05) is 9.80 Å². The molecule has 0 saturated carbocycles. The van der Waals surface area contributed by atoms with Crippen molar-refractivity contribution in [3.63, 3.8) is 0 Å². The molecule has 8 rings (SSSR count). The summed E-state index contributed by atoms with van der Waals surface area (Å²) in [5, 5.41) is 4.20. The molecule has 0 radical (unpaired) electrons. The molecule has 0 aliphatic carbocycles. The number of rotatable bonds is 4. The lowest BCUT2D eigenvalue weighted by Gasteiger charge is -2.34. The first kappa shape index (κ1) is 27.9. The maximum Gasteiger partial charge on any atom is 0.253 e. The fourth-order valence-electron chi connectivity index (χ4n) is 7.07. The maximum absolute atomic E-state index is 14.3. The van der Waals surface area contributed by atoms with Crippen LogP contribution in [0.15, 0.2) is 82.0 Å². The first-order chi connectivity index (χ1) is 21.2. The Bertz CT molecular complexity index is 1750. The molecule has 6 heterocycles. The molecule has 4 aromatic rings.